The normalized spacial score (nSPS) is 19.0. The van der Waals surface area contributed by atoms with Crippen molar-refractivity contribution in [3.63, 3.8) is 0 Å². The van der Waals surface area contributed by atoms with Crippen LogP contribution < -0.4 is 9.80 Å². The zero-order valence-corrected chi connectivity index (χ0v) is 15.6. The maximum absolute atomic E-state index is 12.7. The van der Waals surface area contributed by atoms with Gasteiger partial charge in [0.2, 0.25) is 0 Å². The lowest BCUT2D eigenvalue weighted by Crippen LogP contribution is -2.22. The van der Waals surface area contributed by atoms with Crippen molar-refractivity contribution in [2.45, 2.75) is 0 Å². The number of amides is 2. The van der Waals surface area contributed by atoms with E-state index in [0.29, 0.717) is 20.7 Å². The third-order valence-corrected chi connectivity index (χ3v) is 5.75. The zero-order valence-electron chi connectivity index (χ0n) is 14.1. The number of nitrogens with zero attached hydrogens (tertiary/aromatic N) is 3. The van der Waals surface area contributed by atoms with Gasteiger partial charge in [-0.15, -0.1) is 0 Å². The molecule has 2 amide bonds. The number of hydrogen-bond donors (Lipinski definition) is 0. The standard InChI is InChI=1S/C19H14ClN3O2S/c1-22(12-9-7-11(20)8-10-12)19-21-17(24)16(26-19)15-13-5-3-4-6-14(13)23(2)18(15)25/h3-10H,1-2H3/b16-15+. The first-order valence-electron chi connectivity index (χ1n) is 7.89. The SMILES string of the molecule is CN(C1=NC(=O)/C(=C2\C(=O)N(C)c3ccccc32)S1)c1ccc(Cl)cc1. The highest BCUT2D eigenvalue weighted by atomic mass is 35.5. The van der Waals surface area contributed by atoms with Gasteiger partial charge in [0.05, 0.1) is 16.2 Å². The van der Waals surface area contributed by atoms with Crippen LogP contribution in [0.2, 0.25) is 5.02 Å². The summed E-state index contributed by atoms with van der Waals surface area (Å²) < 4.78 is 0. The predicted molar refractivity (Wildman–Crippen MR) is 107 cm³/mol. The molecule has 2 aliphatic heterocycles. The van der Waals surface area contributed by atoms with E-state index in [-0.39, 0.29) is 11.8 Å². The van der Waals surface area contributed by atoms with E-state index in [0.717, 1.165) is 16.9 Å². The number of fused-ring (bicyclic) bond motifs is 1. The third kappa shape index (κ3) is 2.62. The molecule has 0 unspecified atom stereocenters. The minimum atomic E-state index is -0.390. The van der Waals surface area contributed by atoms with Gasteiger partial charge in [-0.1, -0.05) is 29.8 Å². The zero-order chi connectivity index (χ0) is 18.4. The molecule has 2 aliphatic rings. The predicted octanol–water partition coefficient (Wildman–Crippen LogP) is 3.79. The van der Waals surface area contributed by atoms with Gasteiger partial charge >= 0.3 is 0 Å². The fraction of sp³-hybridized carbons (Fsp3) is 0.105. The molecular formula is C19H14ClN3O2S. The number of anilines is 2. The van der Waals surface area contributed by atoms with Crippen LogP contribution >= 0.6 is 23.4 Å². The van der Waals surface area contributed by atoms with Gasteiger partial charge < -0.3 is 9.80 Å². The Morgan fingerprint density at radius 3 is 2.50 bits per heavy atom. The van der Waals surface area contributed by atoms with Crippen LogP contribution in [0.4, 0.5) is 11.4 Å². The van der Waals surface area contributed by atoms with Crippen LogP contribution in [0.25, 0.3) is 5.57 Å². The average Bonchev–Trinajstić information content (AvgIpc) is 3.14. The molecule has 0 radical (unpaired) electrons. The van der Waals surface area contributed by atoms with E-state index in [2.05, 4.69) is 4.99 Å². The first-order chi connectivity index (χ1) is 12.5. The molecule has 2 heterocycles. The molecular weight excluding hydrogens is 370 g/mol. The molecule has 0 spiro atoms. The number of carbonyl (C=O) groups excluding carboxylic acids is 2. The topological polar surface area (TPSA) is 53.0 Å². The van der Waals surface area contributed by atoms with Crippen LogP contribution in [-0.2, 0) is 9.59 Å². The van der Waals surface area contributed by atoms with Crippen LogP contribution in [0.5, 0.6) is 0 Å². The number of rotatable bonds is 1. The van der Waals surface area contributed by atoms with E-state index >= 15 is 0 Å². The van der Waals surface area contributed by atoms with Crippen molar-refractivity contribution in [1.82, 2.24) is 0 Å². The first-order valence-corrected chi connectivity index (χ1v) is 9.08. The van der Waals surface area contributed by atoms with E-state index in [1.165, 1.54) is 11.8 Å². The number of aliphatic imine (C=N–C) groups is 1. The van der Waals surface area contributed by atoms with E-state index < -0.39 is 0 Å². The lowest BCUT2D eigenvalue weighted by molar-refractivity contribution is -0.115. The van der Waals surface area contributed by atoms with Crippen molar-refractivity contribution in [3.05, 3.63) is 64.0 Å². The van der Waals surface area contributed by atoms with Crippen LogP contribution in [0.3, 0.4) is 0 Å². The Morgan fingerprint density at radius 2 is 1.77 bits per heavy atom. The Bertz CT molecular complexity index is 998. The fourth-order valence-corrected chi connectivity index (χ4v) is 4.07. The quantitative estimate of drug-likeness (QED) is 0.703. The van der Waals surface area contributed by atoms with Crippen molar-refractivity contribution in [2.75, 3.05) is 23.9 Å². The van der Waals surface area contributed by atoms with Crippen LogP contribution in [0, 0.1) is 0 Å². The van der Waals surface area contributed by atoms with E-state index in [4.69, 9.17) is 11.6 Å². The van der Waals surface area contributed by atoms with Crippen molar-refractivity contribution in [2.24, 2.45) is 4.99 Å². The van der Waals surface area contributed by atoms with Gasteiger partial charge in [0, 0.05) is 30.4 Å². The van der Waals surface area contributed by atoms with E-state index in [9.17, 15) is 9.59 Å². The summed E-state index contributed by atoms with van der Waals surface area (Å²) in [5.74, 6) is -0.577. The molecule has 0 aliphatic carbocycles. The highest BCUT2D eigenvalue weighted by Gasteiger charge is 2.37. The van der Waals surface area contributed by atoms with Gasteiger partial charge in [0.15, 0.2) is 5.17 Å². The van der Waals surface area contributed by atoms with Gasteiger partial charge in [-0.2, -0.15) is 4.99 Å². The highest BCUT2D eigenvalue weighted by Crippen LogP contribution is 2.43. The molecule has 0 N–H and O–H groups in total. The summed E-state index contributed by atoms with van der Waals surface area (Å²) in [6.07, 6.45) is 0. The number of carbonyl (C=O) groups is 2. The lowest BCUT2D eigenvalue weighted by atomic mass is 10.1. The summed E-state index contributed by atoms with van der Waals surface area (Å²) in [4.78, 5) is 33.1. The molecule has 130 valence electrons. The smallest absolute Gasteiger partial charge is 0.287 e. The van der Waals surface area contributed by atoms with Crippen LogP contribution in [0.1, 0.15) is 5.56 Å². The number of likely N-dealkylation sites (N-methyl/N-ethyl adjacent to an activating group) is 1. The van der Waals surface area contributed by atoms with Gasteiger partial charge in [0.25, 0.3) is 11.8 Å². The summed E-state index contributed by atoms with van der Waals surface area (Å²) in [6, 6.07) is 14.7. The Morgan fingerprint density at radius 1 is 1.08 bits per heavy atom. The molecule has 0 saturated heterocycles. The number of para-hydroxylation sites is 1. The molecule has 26 heavy (non-hydrogen) atoms. The van der Waals surface area contributed by atoms with Gasteiger partial charge in [-0.3, -0.25) is 9.59 Å². The molecule has 0 aromatic heterocycles. The monoisotopic (exact) mass is 383 g/mol. The first kappa shape index (κ1) is 16.9. The molecule has 0 fully saturated rings. The molecule has 0 saturated carbocycles. The summed E-state index contributed by atoms with van der Waals surface area (Å²) in [6.45, 7) is 0. The Labute approximate surface area is 160 Å². The molecule has 0 atom stereocenters. The second kappa shape index (κ2) is 6.30. The van der Waals surface area contributed by atoms with E-state index in [1.54, 1.807) is 24.1 Å². The second-order valence-corrected chi connectivity index (χ2v) is 7.34. The van der Waals surface area contributed by atoms with Gasteiger partial charge in [-0.05, 0) is 42.1 Å². The van der Waals surface area contributed by atoms with Crippen LogP contribution in [-0.4, -0.2) is 31.1 Å². The largest absolute Gasteiger partial charge is 0.324 e. The Balaban J connectivity index is 1.71. The minimum Gasteiger partial charge on any atom is -0.324 e. The maximum atomic E-state index is 12.7. The summed E-state index contributed by atoms with van der Waals surface area (Å²) in [7, 11) is 3.53. The molecule has 5 nitrogen and oxygen atoms in total. The highest BCUT2D eigenvalue weighted by molar-refractivity contribution is 8.19. The fourth-order valence-electron chi connectivity index (χ4n) is 2.96. The number of thioether (sulfide) groups is 1. The van der Waals surface area contributed by atoms with Crippen molar-refractivity contribution in [3.8, 4) is 0 Å². The molecule has 0 bridgehead atoms. The number of amidine groups is 1. The number of halogens is 1. The molecule has 4 rings (SSSR count). The molecule has 2 aromatic rings. The Kier molecular flexibility index (Phi) is 4.09. The number of benzene rings is 2. The minimum absolute atomic E-state index is 0.187. The van der Waals surface area contributed by atoms with Crippen molar-refractivity contribution in [1.29, 1.82) is 0 Å². The molecule has 2 aromatic carbocycles. The second-order valence-electron chi connectivity index (χ2n) is 5.92. The van der Waals surface area contributed by atoms with E-state index in [1.807, 2.05) is 48.3 Å². The average molecular weight is 384 g/mol. The summed E-state index contributed by atoms with van der Waals surface area (Å²) in [5.41, 5.74) is 2.84. The maximum Gasteiger partial charge on any atom is 0.287 e. The van der Waals surface area contributed by atoms with Crippen molar-refractivity contribution >= 4 is 57.3 Å². The summed E-state index contributed by atoms with van der Waals surface area (Å²) in [5, 5.41) is 1.16. The lowest BCUT2D eigenvalue weighted by Gasteiger charge is -2.17. The van der Waals surface area contributed by atoms with Crippen LogP contribution in [0.15, 0.2) is 58.4 Å². The summed E-state index contributed by atoms with van der Waals surface area (Å²) >= 11 is 7.15. The van der Waals surface area contributed by atoms with Crippen molar-refractivity contribution < 1.29 is 9.59 Å². The van der Waals surface area contributed by atoms with Gasteiger partial charge in [-0.25, -0.2) is 0 Å². The van der Waals surface area contributed by atoms with Gasteiger partial charge in [0.1, 0.15) is 0 Å². The Hall–Kier alpha value is -2.57. The number of hydrogen-bond acceptors (Lipinski definition) is 4. The third-order valence-electron chi connectivity index (χ3n) is 4.37. The molecule has 7 heteroatoms.